The van der Waals surface area contributed by atoms with Crippen LogP contribution in [0.3, 0.4) is 0 Å². The zero-order valence-electron chi connectivity index (χ0n) is 22.3. The average molecular weight is 455 g/mol. The van der Waals surface area contributed by atoms with Gasteiger partial charge in [-0.3, -0.25) is 4.79 Å². The lowest BCUT2D eigenvalue weighted by molar-refractivity contribution is -0.183. The molecule has 5 fully saturated rings. The van der Waals surface area contributed by atoms with Crippen LogP contribution in [0.15, 0.2) is 11.1 Å². The number of hydrogen-bond acceptors (Lipinski definition) is 3. The molecule has 6 rings (SSSR count). The minimum Gasteiger partial charge on any atom is -0.368 e. The molecule has 0 aromatic rings. The second-order valence-corrected chi connectivity index (χ2v) is 14.7. The molecule has 0 radical (unpaired) electrons. The fourth-order valence-corrected chi connectivity index (χ4v) is 10.6. The minimum absolute atomic E-state index is 0.0143. The lowest BCUT2D eigenvalue weighted by Gasteiger charge is -2.68. The highest BCUT2D eigenvalue weighted by Crippen LogP contribution is 2.74. The summed E-state index contributed by atoms with van der Waals surface area (Å²) in [5.74, 6) is 2.33. The maximum atomic E-state index is 12.9. The largest absolute Gasteiger partial charge is 0.368 e. The van der Waals surface area contributed by atoms with Crippen molar-refractivity contribution in [2.75, 3.05) is 0 Å². The zero-order chi connectivity index (χ0) is 23.8. The van der Waals surface area contributed by atoms with E-state index < -0.39 is 0 Å². The number of hydrogen-bond donors (Lipinski definition) is 0. The Morgan fingerprint density at radius 2 is 1.61 bits per heavy atom. The van der Waals surface area contributed by atoms with Crippen molar-refractivity contribution in [1.29, 1.82) is 0 Å². The zero-order valence-corrected chi connectivity index (χ0v) is 22.3. The molecule has 3 nitrogen and oxygen atoms in total. The van der Waals surface area contributed by atoms with Gasteiger partial charge in [0.05, 0.1) is 17.8 Å². The van der Waals surface area contributed by atoms with E-state index in [1.54, 1.807) is 11.1 Å². The van der Waals surface area contributed by atoms with Crippen LogP contribution in [-0.2, 0) is 14.3 Å². The molecule has 2 aliphatic heterocycles. The fourth-order valence-electron chi connectivity index (χ4n) is 10.6. The monoisotopic (exact) mass is 454 g/mol. The summed E-state index contributed by atoms with van der Waals surface area (Å²) in [7, 11) is 0. The molecule has 2 heterocycles. The normalized spacial score (nSPS) is 54.2. The molecule has 0 aromatic heterocycles. The third-order valence-electron chi connectivity index (χ3n) is 12.5. The number of carbonyl (C=O) groups excluding carboxylic acids is 1. The molecule has 2 saturated heterocycles. The third kappa shape index (κ3) is 2.73. The van der Waals surface area contributed by atoms with Crippen molar-refractivity contribution in [2.24, 2.45) is 39.4 Å². The van der Waals surface area contributed by atoms with Gasteiger partial charge in [-0.15, -0.1) is 0 Å². The molecule has 33 heavy (non-hydrogen) atoms. The Morgan fingerprint density at radius 1 is 0.909 bits per heavy atom. The molecule has 0 bridgehead atoms. The predicted octanol–water partition coefficient (Wildman–Crippen LogP) is 6.89. The first kappa shape index (κ1) is 22.8. The van der Waals surface area contributed by atoms with Crippen LogP contribution < -0.4 is 0 Å². The Morgan fingerprint density at radius 3 is 2.27 bits per heavy atom. The van der Waals surface area contributed by atoms with Crippen molar-refractivity contribution in [2.45, 2.75) is 131 Å². The molecule has 0 N–H and O–H groups in total. The molecule has 0 spiro atoms. The molecule has 3 heteroatoms. The average Bonchev–Trinajstić information content (AvgIpc) is 3.23. The first-order valence-corrected chi connectivity index (χ1v) is 13.9. The highest BCUT2D eigenvalue weighted by Gasteiger charge is 2.68. The lowest BCUT2D eigenvalue weighted by Crippen LogP contribution is -2.62. The second kappa shape index (κ2) is 6.55. The molecule has 6 aliphatic rings. The van der Waals surface area contributed by atoms with E-state index in [4.69, 9.17) is 9.47 Å². The van der Waals surface area contributed by atoms with Crippen molar-refractivity contribution in [3.63, 3.8) is 0 Å². The van der Waals surface area contributed by atoms with Crippen LogP contribution in [-0.4, -0.2) is 29.7 Å². The van der Waals surface area contributed by atoms with Crippen LogP contribution in [0.5, 0.6) is 0 Å². The van der Waals surface area contributed by atoms with E-state index in [0.717, 1.165) is 25.7 Å². The lowest BCUT2D eigenvalue weighted by atomic mass is 9.36. The molecular formula is C30H46O3. The van der Waals surface area contributed by atoms with Gasteiger partial charge in [-0.2, -0.15) is 0 Å². The van der Waals surface area contributed by atoms with Crippen molar-refractivity contribution in [3.8, 4) is 0 Å². The van der Waals surface area contributed by atoms with Crippen LogP contribution in [0.4, 0.5) is 0 Å². The van der Waals surface area contributed by atoms with Crippen molar-refractivity contribution >= 4 is 5.78 Å². The van der Waals surface area contributed by atoms with Crippen LogP contribution in [0.25, 0.3) is 0 Å². The molecule has 184 valence electrons. The quantitative estimate of drug-likeness (QED) is 0.320. The van der Waals surface area contributed by atoms with E-state index in [1.165, 1.54) is 25.7 Å². The van der Waals surface area contributed by atoms with Gasteiger partial charge in [-0.25, -0.2) is 0 Å². The summed E-state index contributed by atoms with van der Waals surface area (Å²) >= 11 is 0. The summed E-state index contributed by atoms with van der Waals surface area (Å²) < 4.78 is 12.9. The van der Waals surface area contributed by atoms with Crippen molar-refractivity contribution < 1.29 is 14.3 Å². The molecule has 4 aliphatic carbocycles. The van der Waals surface area contributed by atoms with Crippen molar-refractivity contribution in [3.05, 3.63) is 11.1 Å². The van der Waals surface area contributed by atoms with Gasteiger partial charge in [-0.1, -0.05) is 47.1 Å². The standard InChI is InChI=1S/C30H46O3/c1-17-15-19(25-27(4,5)33-25)32-20-16-30(8)18(24(17)20)9-10-22-28(6)13-12-23(31)26(2,3)21(28)11-14-29(22,30)7/h17,19-22,25H,9-16H2,1-8H3/t17-,19?,20?,21?,22?,25-,28+,29+,30+/m1/s1. The highest BCUT2D eigenvalue weighted by atomic mass is 16.6. The van der Waals surface area contributed by atoms with Crippen LogP contribution in [0.1, 0.15) is 107 Å². The minimum atomic E-state index is -0.167. The van der Waals surface area contributed by atoms with Gasteiger partial charge in [0, 0.05) is 11.8 Å². The topological polar surface area (TPSA) is 38.8 Å². The van der Waals surface area contributed by atoms with Gasteiger partial charge in [-0.05, 0) is 98.4 Å². The Balaban J connectivity index is 1.35. The number of ether oxygens (including phenoxy) is 2. The summed E-state index contributed by atoms with van der Waals surface area (Å²) in [6, 6.07) is 0. The molecule has 9 atom stereocenters. The van der Waals surface area contributed by atoms with Crippen LogP contribution >= 0.6 is 0 Å². The number of Topliss-reactive ketones (excluding diaryl/α,β-unsaturated/α-hetero) is 1. The first-order valence-electron chi connectivity index (χ1n) is 13.9. The van der Waals surface area contributed by atoms with Crippen LogP contribution in [0.2, 0.25) is 0 Å². The Bertz CT molecular complexity index is 929. The van der Waals surface area contributed by atoms with E-state index in [2.05, 4.69) is 55.4 Å². The maximum absolute atomic E-state index is 12.9. The smallest absolute Gasteiger partial charge is 0.138 e. The number of rotatable bonds is 1. The maximum Gasteiger partial charge on any atom is 0.138 e. The molecular weight excluding hydrogens is 408 g/mol. The SMILES string of the molecule is C[C@@H]1CC([C@H]2OC2(C)C)OC2C[C@@]3(C)C(=C21)CCC1[C@@]2(C)CCC(=O)C(C)(C)C2CC[C@@]13C. The van der Waals surface area contributed by atoms with E-state index in [1.807, 2.05) is 0 Å². The molecule has 3 saturated carbocycles. The fraction of sp³-hybridized carbons (Fsp3) is 0.900. The highest BCUT2D eigenvalue weighted by molar-refractivity contribution is 5.85. The van der Waals surface area contributed by atoms with Gasteiger partial charge in [0.1, 0.15) is 11.9 Å². The number of ketones is 1. The summed E-state index contributed by atoms with van der Waals surface area (Å²) in [5.41, 5.74) is 4.04. The molecule has 0 aromatic carbocycles. The Kier molecular flexibility index (Phi) is 4.52. The predicted molar refractivity (Wildman–Crippen MR) is 131 cm³/mol. The van der Waals surface area contributed by atoms with Gasteiger partial charge in [0.25, 0.3) is 0 Å². The number of fused-ring (bicyclic) bond motifs is 6. The Labute approximate surface area is 201 Å². The van der Waals surface area contributed by atoms with E-state index in [0.29, 0.717) is 29.0 Å². The summed E-state index contributed by atoms with van der Waals surface area (Å²) in [6.07, 6.45) is 9.91. The van der Waals surface area contributed by atoms with Gasteiger partial charge in [0.15, 0.2) is 0 Å². The van der Waals surface area contributed by atoms with Crippen LogP contribution in [0, 0.1) is 39.4 Å². The molecule has 4 unspecified atom stereocenters. The van der Waals surface area contributed by atoms with Gasteiger partial charge < -0.3 is 9.47 Å². The van der Waals surface area contributed by atoms with E-state index in [9.17, 15) is 4.79 Å². The van der Waals surface area contributed by atoms with Crippen molar-refractivity contribution in [1.82, 2.24) is 0 Å². The number of allylic oxidation sites excluding steroid dienone is 1. The number of epoxide rings is 1. The molecule has 0 amide bonds. The summed E-state index contributed by atoms with van der Waals surface area (Å²) in [6.45, 7) is 19.2. The third-order valence-corrected chi connectivity index (χ3v) is 12.5. The van der Waals surface area contributed by atoms with Gasteiger partial charge in [0.2, 0.25) is 0 Å². The first-order chi connectivity index (χ1) is 15.3. The second-order valence-electron chi connectivity index (χ2n) is 14.7. The van der Waals surface area contributed by atoms with E-state index in [-0.39, 0.29) is 40.2 Å². The number of carbonyl (C=O) groups is 1. The van der Waals surface area contributed by atoms with E-state index >= 15 is 0 Å². The summed E-state index contributed by atoms with van der Waals surface area (Å²) in [5, 5.41) is 0. The Hall–Kier alpha value is -0.670. The van der Waals surface area contributed by atoms with Gasteiger partial charge >= 0.3 is 0 Å². The summed E-state index contributed by atoms with van der Waals surface area (Å²) in [4.78, 5) is 12.9.